The van der Waals surface area contributed by atoms with Crippen molar-refractivity contribution in [2.24, 2.45) is 0 Å². The first-order valence-electron chi connectivity index (χ1n) is 5.98. The molecule has 1 N–H and O–H groups in total. The second-order valence-electron chi connectivity index (χ2n) is 4.50. The second kappa shape index (κ2) is 5.05. The third-order valence-corrected chi connectivity index (χ3v) is 3.24. The Bertz CT molecular complexity index is 556. The summed E-state index contributed by atoms with van der Waals surface area (Å²) in [6.07, 6.45) is 0. The zero-order valence-electron chi connectivity index (χ0n) is 10.6. The van der Waals surface area contributed by atoms with Crippen LogP contribution in [0.25, 0.3) is 11.1 Å². The number of carbonyl (C=O) groups is 1. The normalized spacial score (nSPS) is 12.1. The maximum atomic E-state index is 10.9. The molecule has 2 heteroatoms. The van der Waals surface area contributed by atoms with E-state index < -0.39 is 11.9 Å². The van der Waals surface area contributed by atoms with Crippen molar-refractivity contribution < 1.29 is 9.90 Å². The molecular formula is C16H16O2. The van der Waals surface area contributed by atoms with Gasteiger partial charge in [0.1, 0.15) is 0 Å². The standard InChI is InChI=1S/C16H16O2/c1-11-5-3-4-6-15(11)14-9-7-13(8-10-14)12(2)16(17)18/h3-10,12H,1-2H3,(H,17,18). The van der Waals surface area contributed by atoms with Gasteiger partial charge in [0.25, 0.3) is 0 Å². The molecule has 92 valence electrons. The monoisotopic (exact) mass is 240 g/mol. The Morgan fingerprint density at radius 1 is 1.06 bits per heavy atom. The van der Waals surface area contributed by atoms with Crippen molar-refractivity contribution in [3.8, 4) is 11.1 Å². The Kier molecular flexibility index (Phi) is 3.47. The van der Waals surface area contributed by atoms with Gasteiger partial charge in [0, 0.05) is 0 Å². The average molecular weight is 240 g/mol. The minimum absolute atomic E-state index is 0.462. The minimum atomic E-state index is -0.793. The van der Waals surface area contributed by atoms with E-state index in [4.69, 9.17) is 5.11 Å². The summed E-state index contributed by atoms with van der Waals surface area (Å²) in [5.74, 6) is -1.26. The maximum absolute atomic E-state index is 10.9. The van der Waals surface area contributed by atoms with Gasteiger partial charge in [-0.25, -0.2) is 0 Å². The smallest absolute Gasteiger partial charge is 0.310 e. The Hall–Kier alpha value is -2.09. The third-order valence-electron chi connectivity index (χ3n) is 3.24. The summed E-state index contributed by atoms with van der Waals surface area (Å²) in [5.41, 5.74) is 4.36. The van der Waals surface area contributed by atoms with E-state index in [2.05, 4.69) is 19.1 Å². The molecule has 2 aromatic carbocycles. The van der Waals surface area contributed by atoms with E-state index in [0.717, 1.165) is 11.1 Å². The first kappa shape index (κ1) is 12.4. The first-order valence-corrected chi connectivity index (χ1v) is 5.98. The zero-order chi connectivity index (χ0) is 13.1. The summed E-state index contributed by atoms with van der Waals surface area (Å²) < 4.78 is 0. The van der Waals surface area contributed by atoms with Crippen molar-refractivity contribution >= 4 is 5.97 Å². The van der Waals surface area contributed by atoms with Crippen LogP contribution in [-0.2, 0) is 4.79 Å². The van der Waals surface area contributed by atoms with Crippen molar-refractivity contribution in [3.63, 3.8) is 0 Å². The number of carboxylic acid groups (broad SMARTS) is 1. The summed E-state index contributed by atoms with van der Waals surface area (Å²) in [6.45, 7) is 3.77. The first-order chi connectivity index (χ1) is 8.59. The number of aliphatic carboxylic acids is 1. The Labute approximate surface area is 107 Å². The highest BCUT2D eigenvalue weighted by molar-refractivity contribution is 5.76. The van der Waals surface area contributed by atoms with Crippen LogP contribution in [0.1, 0.15) is 24.0 Å². The van der Waals surface area contributed by atoms with Crippen LogP contribution >= 0.6 is 0 Å². The molecule has 0 saturated heterocycles. The predicted molar refractivity (Wildman–Crippen MR) is 72.7 cm³/mol. The molecule has 0 fully saturated rings. The van der Waals surface area contributed by atoms with Gasteiger partial charge in [0.2, 0.25) is 0 Å². The molecule has 18 heavy (non-hydrogen) atoms. The molecule has 2 aromatic rings. The third kappa shape index (κ3) is 2.43. The summed E-state index contributed by atoms with van der Waals surface area (Å²) in [7, 11) is 0. The maximum Gasteiger partial charge on any atom is 0.310 e. The molecule has 0 aromatic heterocycles. The summed E-state index contributed by atoms with van der Waals surface area (Å²) in [4.78, 5) is 10.9. The van der Waals surface area contributed by atoms with Crippen LogP contribution in [0.3, 0.4) is 0 Å². The van der Waals surface area contributed by atoms with Gasteiger partial charge >= 0.3 is 5.97 Å². The lowest BCUT2D eigenvalue weighted by atomic mass is 9.96. The molecule has 0 aliphatic heterocycles. The number of hydrogen-bond acceptors (Lipinski definition) is 1. The van der Waals surface area contributed by atoms with Crippen LogP contribution in [-0.4, -0.2) is 11.1 Å². The summed E-state index contributed by atoms with van der Waals surface area (Å²) in [6, 6.07) is 15.9. The average Bonchev–Trinajstić information content (AvgIpc) is 2.38. The van der Waals surface area contributed by atoms with E-state index in [-0.39, 0.29) is 0 Å². The van der Waals surface area contributed by atoms with Crippen LogP contribution in [0.15, 0.2) is 48.5 Å². The van der Waals surface area contributed by atoms with Gasteiger partial charge in [-0.3, -0.25) is 4.79 Å². The molecule has 0 aliphatic rings. The van der Waals surface area contributed by atoms with Gasteiger partial charge < -0.3 is 5.11 Å². The molecule has 1 unspecified atom stereocenters. The van der Waals surface area contributed by atoms with Crippen molar-refractivity contribution in [3.05, 3.63) is 59.7 Å². The number of hydrogen-bond donors (Lipinski definition) is 1. The van der Waals surface area contributed by atoms with Crippen LogP contribution in [0.5, 0.6) is 0 Å². The van der Waals surface area contributed by atoms with Gasteiger partial charge in [-0.05, 0) is 36.1 Å². The van der Waals surface area contributed by atoms with Gasteiger partial charge in [-0.15, -0.1) is 0 Å². The van der Waals surface area contributed by atoms with E-state index in [9.17, 15) is 4.79 Å². The molecule has 0 heterocycles. The highest BCUT2D eigenvalue weighted by Crippen LogP contribution is 2.25. The number of aryl methyl sites for hydroxylation is 1. The molecule has 0 aliphatic carbocycles. The van der Waals surface area contributed by atoms with E-state index in [1.807, 2.05) is 36.4 Å². The number of benzene rings is 2. The fourth-order valence-corrected chi connectivity index (χ4v) is 1.99. The van der Waals surface area contributed by atoms with Crippen LogP contribution in [0.2, 0.25) is 0 Å². The lowest BCUT2D eigenvalue weighted by Crippen LogP contribution is -2.06. The fraction of sp³-hybridized carbons (Fsp3) is 0.188. The second-order valence-corrected chi connectivity index (χ2v) is 4.50. The van der Waals surface area contributed by atoms with Gasteiger partial charge in [0.15, 0.2) is 0 Å². The van der Waals surface area contributed by atoms with E-state index in [0.29, 0.717) is 0 Å². The summed E-state index contributed by atoms with van der Waals surface area (Å²) >= 11 is 0. The Morgan fingerprint density at radius 2 is 1.67 bits per heavy atom. The van der Waals surface area contributed by atoms with Gasteiger partial charge in [-0.2, -0.15) is 0 Å². The molecule has 0 radical (unpaired) electrons. The SMILES string of the molecule is Cc1ccccc1-c1ccc(C(C)C(=O)O)cc1. The molecule has 0 spiro atoms. The Morgan fingerprint density at radius 3 is 2.22 bits per heavy atom. The highest BCUT2D eigenvalue weighted by Gasteiger charge is 2.13. The van der Waals surface area contributed by atoms with E-state index in [1.165, 1.54) is 11.1 Å². The highest BCUT2D eigenvalue weighted by atomic mass is 16.4. The molecule has 2 nitrogen and oxygen atoms in total. The van der Waals surface area contributed by atoms with E-state index in [1.54, 1.807) is 6.92 Å². The summed E-state index contributed by atoms with van der Waals surface area (Å²) in [5, 5.41) is 8.97. The molecule has 2 rings (SSSR count). The molecule has 0 saturated carbocycles. The lowest BCUT2D eigenvalue weighted by molar-refractivity contribution is -0.138. The van der Waals surface area contributed by atoms with Crippen LogP contribution < -0.4 is 0 Å². The quantitative estimate of drug-likeness (QED) is 0.884. The number of rotatable bonds is 3. The molecule has 1 atom stereocenters. The van der Waals surface area contributed by atoms with Gasteiger partial charge in [-0.1, -0.05) is 48.5 Å². The van der Waals surface area contributed by atoms with E-state index >= 15 is 0 Å². The van der Waals surface area contributed by atoms with Crippen LogP contribution in [0.4, 0.5) is 0 Å². The lowest BCUT2D eigenvalue weighted by Gasteiger charge is -2.09. The zero-order valence-corrected chi connectivity index (χ0v) is 10.6. The number of carboxylic acids is 1. The van der Waals surface area contributed by atoms with Crippen molar-refractivity contribution in [1.82, 2.24) is 0 Å². The van der Waals surface area contributed by atoms with Crippen molar-refractivity contribution in [2.45, 2.75) is 19.8 Å². The predicted octanol–water partition coefficient (Wildman–Crippen LogP) is 3.85. The Balaban J connectivity index is 2.34. The largest absolute Gasteiger partial charge is 0.481 e. The molecule has 0 amide bonds. The van der Waals surface area contributed by atoms with Crippen LogP contribution in [0, 0.1) is 6.92 Å². The molecular weight excluding hydrogens is 224 g/mol. The molecule has 0 bridgehead atoms. The van der Waals surface area contributed by atoms with Gasteiger partial charge in [0.05, 0.1) is 5.92 Å². The van der Waals surface area contributed by atoms with Crippen molar-refractivity contribution in [2.75, 3.05) is 0 Å². The minimum Gasteiger partial charge on any atom is -0.481 e. The van der Waals surface area contributed by atoms with Crippen molar-refractivity contribution in [1.29, 1.82) is 0 Å². The fourth-order valence-electron chi connectivity index (χ4n) is 1.99. The topological polar surface area (TPSA) is 37.3 Å².